The van der Waals surface area contributed by atoms with E-state index in [2.05, 4.69) is 10.6 Å². The highest BCUT2D eigenvalue weighted by Crippen LogP contribution is 2.21. The zero-order valence-corrected chi connectivity index (χ0v) is 13.4. The molecule has 0 radical (unpaired) electrons. The van der Waals surface area contributed by atoms with E-state index in [0.29, 0.717) is 16.5 Å². The molecule has 2 aromatic rings. The number of rotatable bonds is 4. The largest absolute Gasteiger partial charge is 0.347 e. The standard InChI is InChI=1S/C16H13Cl2FN2O2/c17-11-5-4-10(14(18)8-11)6-7-20-15(22)16(23)21-13-3-1-2-12(19)9-13/h1-5,8-9H,6-7H2,(H,20,22)(H,21,23). The molecule has 0 spiro atoms. The van der Waals surface area contributed by atoms with Crippen LogP contribution in [0, 0.1) is 5.82 Å². The van der Waals surface area contributed by atoms with Crippen LogP contribution in [0.1, 0.15) is 5.56 Å². The molecule has 0 atom stereocenters. The molecular weight excluding hydrogens is 342 g/mol. The summed E-state index contributed by atoms with van der Waals surface area (Å²) in [5.41, 5.74) is 1.02. The monoisotopic (exact) mass is 354 g/mol. The van der Waals surface area contributed by atoms with Crippen LogP contribution < -0.4 is 10.6 Å². The smallest absolute Gasteiger partial charge is 0.313 e. The van der Waals surface area contributed by atoms with Gasteiger partial charge < -0.3 is 10.6 Å². The Labute approximate surface area is 142 Å². The minimum Gasteiger partial charge on any atom is -0.347 e. The minimum atomic E-state index is -0.863. The van der Waals surface area contributed by atoms with E-state index in [1.54, 1.807) is 18.2 Å². The lowest BCUT2D eigenvalue weighted by atomic mass is 10.1. The summed E-state index contributed by atoms with van der Waals surface area (Å²) in [6.45, 7) is 0.233. The number of nitrogens with one attached hydrogen (secondary N) is 2. The third-order valence-corrected chi connectivity index (χ3v) is 3.57. The van der Waals surface area contributed by atoms with Crippen molar-refractivity contribution in [3.05, 3.63) is 63.9 Å². The van der Waals surface area contributed by atoms with Crippen molar-refractivity contribution in [2.24, 2.45) is 0 Å². The first kappa shape index (κ1) is 17.2. The van der Waals surface area contributed by atoms with Crippen LogP contribution in [-0.2, 0) is 16.0 Å². The maximum absolute atomic E-state index is 13.0. The van der Waals surface area contributed by atoms with Gasteiger partial charge in [0.15, 0.2) is 0 Å². The quantitative estimate of drug-likeness (QED) is 0.826. The highest BCUT2D eigenvalue weighted by Gasteiger charge is 2.13. The Hall–Kier alpha value is -2.11. The van der Waals surface area contributed by atoms with Gasteiger partial charge in [-0.1, -0.05) is 35.3 Å². The Morgan fingerprint density at radius 1 is 1.04 bits per heavy atom. The number of carbonyl (C=O) groups is 2. The Balaban J connectivity index is 1.83. The first-order valence-corrected chi connectivity index (χ1v) is 7.50. The van der Waals surface area contributed by atoms with E-state index in [1.807, 2.05) is 0 Å². The van der Waals surface area contributed by atoms with E-state index in [9.17, 15) is 14.0 Å². The predicted molar refractivity (Wildman–Crippen MR) is 88.2 cm³/mol. The van der Waals surface area contributed by atoms with Crippen molar-refractivity contribution in [3.8, 4) is 0 Å². The fraction of sp³-hybridized carbons (Fsp3) is 0.125. The Morgan fingerprint density at radius 2 is 1.83 bits per heavy atom. The van der Waals surface area contributed by atoms with Gasteiger partial charge in [-0.15, -0.1) is 0 Å². The molecule has 120 valence electrons. The second kappa shape index (κ2) is 7.94. The van der Waals surface area contributed by atoms with Crippen LogP contribution >= 0.6 is 23.2 Å². The van der Waals surface area contributed by atoms with Gasteiger partial charge >= 0.3 is 11.8 Å². The molecule has 0 aliphatic heterocycles. The highest BCUT2D eigenvalue weighted by atomic mass is 35.5. The van der Waals surface area contributed by atoms with E-state index >= 15 is 0 Å². The second-order valence-electron chi connectivity index (χ2n) is 4.71. The van der Waals surface area contributed by atoms with Gasteiger partial charge in [0.25, 0.3) is 0 Å². The molecule has 2 amide bonds. The number of benzene rings is 2. The lowest BCUT2D eigenvalue weighted by Crippen LogP contribution is -2.36. The Bertz CT molecular complexity index is 738. The number of hydrogen-bond acceptors (Lipinski definition) is 2. The van der Waals surface area contributed by atoms with Crippen LogP contribution in [-0.4, -0.2) is 18.4 Å². The summed E-state index contributed by atoms with van der Waals surface area (Å²) in [5, 5.41) is 5.81. The van der Waals surface area contributed by atoms with Gasteiger partial charge in [0.2, 0.25) is 0 Å². The number of halogens is 3. The molecule has 0 saturated carbocycles. The number of carbonyl (C=O) groups excluding carboxylic acids is 2. The molecule has 0 aliphatic rings. The zero-order valence-electron chi connectivity index (χ0n) is 11.9. The van der Waals surface area contributed by atoms with E-state index in [0.717, 1.165) is 11.6 Å². The van der Waals surface area contributed by atoms with Crippen LogP contribution in [0.5, 0.6) is 0 Å². The van der Waals surface area contributed by atoms with Gasteiger partial charge in [0.05, 0.1) is 0 Å². The van der Waals surface area contributed by atoms with Crippen molar-refractivity contribution in [2.45, 2.75) is 6.42 Å². The molecule has 0 aliphatic carbocycles. The fourth-order valence-corrected chi connectivity index (χ4v) is 2.37. The van der Waals surface area contributed by atoms with E-state index < -0.39 is 17.6 Å². The van der Waals surface area contributed by atoms with Crippen LogP contribution in [0.15, 0.2) is 42.5 Å². The number of amides is 2. The first-order valence-electron chi connectivity index (χ1n) is 6.74. The third-order valence-electron chi connectivity index (χ3n) is 2.98. The molecule has 0 bridgehead atoms. The van der Waals surface area contributed by atoms with Crippen molar-refractivity contribution >= 4 is 40.7 Å². The molecule has 0 fully saturated rings. The average Bonchev–Trinajstić information content (AvgIpc) is 2.49. The molecule has 0 aromatic heterocycles. The van der Waals surface area contributed by atoms with E-state index in [-0.39, 0.29) is 12.2 Å². The van der Waals surface area contributed by atoms with Gasteiger partial charge in [0.1, 0.15) is 5.82 Å². The summed E-state index contributed by atoms with van der Waals surface area (Å²) in [6.07, 6.45) is 0.453. The molecule has 4 nitrogen and oxygen atoms in total. The lowest BCUT2D eigenvalue weighted by Gasteiger charge is -2.08. The molecule has 2 N–H and O–H groups in total. The highest BCUT2D eigenvalue weighted by molar-refractivity contribution is 6.39. The average molecular weight is 355 g/mol. The summed E-state index contributed by atoms with van der Waals surface area (Å²) in [5.74, 6) is -2.17. The summed E-state index contributed by atoms with van der Waals surface area (Å²) in [7, 11) is 0. The summed E-state index contributed by atoms with van der Waals surface area (Å²) >= 11 is 11.8. The van der Waals surface area contributed by atoms with Crippen molar-refractivity contribution in [1.82, 2.24) is 5.32 Å². The first-order chi connectivity index (χ1) is 11.0. The Morgan fingerprint density at radius 3 is 2.52 bits per heavy atom. The van der Waals surface area contributed by atoms with Crippen LogP contribution in [0.4, 0.5) is 10.1 Å². The maximum atomic E-state index is 13.0. The van der Waals surface area contributed by atoms with Crippen LogP contribution in [0.25, 0.3) is 0 Å². The van der Waals surface area contributed by atoms with Crippen molar-refractivity contribution in [2.75, 3.05) is 11.9 Å². The number of anilines is 1. The molecule has 23 heavy (non-hydrogen) atoms. The van der Waals surface area contributed by atoms with Gasteiger partial charge in [-0.3, -0.25) is 9.59 Å². The third kappa shape index (κ3) is 5.23. The predicted octanol–water partition coefficient (Wildman–Crippen LogP) is 3.43. The van der Waals surface area contributed by atoms with Gasteiger partial charge in [-0.2, -0.15) is 0 Å². The topological polar surface area (TPSA) is 58.2 Å². The summed E-state index contributed by atoms with van der Waals surface area (Å²) in [6, 6.07) is 10.3. The molecule has 0 heterocycles. The SMILES string of the molecule is O=C(NCCc1ccc(Cl)cc1Cl)C(=O)Nc1cccc(F)c1. The zero-order chi connectivity index (χ0) is 16.8. The lowest BCUT2D eigenvalue weighted by molar-refractivity contribution is -0.136. The van der Waals surface area contributed by atoms with Gasteiger partial charge in [0, 0.05) is 22.3 Å². The van der Waals surface area contributed by atoms with E-state index in [1.165, 1.54) is 18.2 Å². The molecular formula is C16H13Cl2FN2O2. The van der Waals surface area contributed by atoms with Crippen LogP contribution in [0.2, 0.25) is 10.0 Å². The molecule has 7 heteroatoms. The normalized spacial score (nSPS) is 10.2. The van der Waals surface area contributed by atoms with Gasteiger partial charge in [-0.25, -0.2) is 4.39 Å². The maximum Gasteiger partial charge on any atom is 0.313 e. The number of hydrogen-bond donors (Lipinski definition) is 2. The molecule has 0 saturated heterocycles. The van der Waals surface area contributed by atoms with Gasteiger partial charge in [-0.05, 0) is 42.3 Å². The Kier molecular flexibility index (Phi) is 5.96. The molecule has 2 rings (SSSR count). The molecule has 0 unspecified atom stereocenters. The van der Waals surface area contributed by atoms with Crippen molar-refractivity contribution < 1.29 is 14.0 Å². The van der Waals surface area contributed by atoms with Crippen molar-refractivity contribution in [1.29, 1.82) is 0 Å². The van der Waals surface area contributed by atoms with E-state index in [4.69, 9.17) is 23.2 Å². The summed E-state index contributed by atoms with van der Waals surface area (Å²) < 4.78 is 13.0. The minimum absolute atomic E-state index is 0.214. The molecule has 2 aromatic carbocycles. The van der Waals surface area contributed by atoms with Crippen LogP contribution in [0.3, 0.4) is 0 Å². The second-order valence-corrected chi connectivity index (χ2v) is 5.55. The summed E-state index contributed by atoms with van der Waals surface area (Å²) in [4.78, 5) is 23.4. The van der Waals surface area contributed by atoms with Crippen molar-refractivity contribution in [3.63, 3.8) is 0 Å². The fourth-order valence-electron chi connectivity index (χ4n) is 1.87.